The van der Waals surface area contributed by atoms with E-state index in [9.17, 15) is 5.11 Å². The van der Waals surface area contributed by atoms with Crippen LogP contribution in [0, 0.1) is 5.92 Å². The topological polar surface area (TPSA) is 41.5 Å². The van der Waals surface area contributed by atoms with Gasteiger partial charge in [0.05, 0.1) is 12.1 Å². The van der Waals surface area contributed by atoms with Crippen molar-refractivity contribution in [2.45, 2.75) is 39.5 Å². The number of aliphatic hydroxyl groups excluding tert-OH is 1. The molecule has 1 unspecified atom stereocenters. The molecule has 3 heteroatoms. The third-order valence-electron chi connectivity index (χ3n) is 3.45. The second-order valence-electron chi connectivity index (χ2n) is 6.48. The van der Waals surface area contributed by atoms with Gasteiger partial charge in [-0.2, -0.15) is 0 Å². The number of fused-ring (bicyclic) bond motifs is 1. The highest BCUT2D eigenvalue weighted by atomic mass is 16.6. The van der Waals surface area contributed by atoms with Crippen LogP contribution in [0.15, 0.2) is 42.5 Å². The molecule has 0 amide bonds. The van der Waals surface area contributed by atoms with Crippen molar-refractivity contribution in [1.82, 2.24) is 0 Å². The van der Waals surface area contributed by atoms with Crippen LogP contribution in [-0.2, 0) is 4.74 Å². The van der Waals surface area contributed by atoms with Gasteiger partial charge in [0.1, 0.15) is 0 Å². The van der Waals surface area contributed by atoms with Crippen LogP contribution in [0.25, 0.3) is 10.8 Å². The first-order chi connectivity index (χ1) is 9.89. The van der Waals surface area contributed by atoms with Gasteiger partial charge in [-0.05, 0) is 25.3 Å². The second-order valence-corrected chi connectivity index (χ2v) is 6.48. The number of benzene rings is 2. The molecule has 0 fully saturated rings. The zero-order chi connectivity index (χ0) is 15.5. The fraction of sp³-hybridized carbons (Fsp3) is 0.444. The van der Waals surface area contributed by atoms with Crippen molar-refractivity contribution >= 4 is 16.5 Å². The van der Waals surface area contributed by atoms with E-state index < -0.39 is 6.29 Å². The maximum Gasteiger partial charge on any atom is 0.156 e. The average Bonchev–Trinajstić information content (AvgIpc) is 2.45. The van der Waals surface area contributed by atoms with E-state index in [1.807, 2.05) is 32.0 Å². The van der Waals surface area contributed by atoms with Gasteiger partial charge < -0.3 is 15.2 Å². The highest BCUT2D eigenvalue weighted by Crippen LogP contribution is 2.26. The number of hydrogen-bond acceptors (Lipinski definition) is 3. The molecular weight excluding hydrogens is 262 g/mol. The Morgan fingerprint density at radius 1 is 1.10 bits per heavy atom. The Labute approximate surface area is 126 Å². The zero-order valence-electron chi connectivity index (χ0n) is 13.3. The van der Waals surface area contributed by atoms with Crippen molar-refractivity contribution in [3.8, 4) is 0 Å². The molecule has 0 aliphatic carbocycles. The summed E-state index contributed by atoms with van der Waals surface area (Å²) in [4.78, 5) is 0. The van der Waals surface area contributed by atoms with Crippen molar-refractivity contribution in [2.75, 3.05) is 11.9 Å². The standard InChI is InChI=1S/C18H25NO2/c1-13(2)17(20)21-12-18(3,4)19-16-11-7-9-14-8-5-6-10-15(14)16/h5-11,13,17,19-20H,12H2,1-4H3. The summed E-state index contributed by atoms with van der Waals surface area (Å²) in [6.07, 6.45) is -0.724. The third-order valence-corrected chi connectivity index (χ3v) is 3.45. The predicted octanol–water partition coefficient (Wildman–Crippen LogP) is 4.02. The summed E-state index contributed by atoms with van der Waals surface area (Å²) in [6, 6.07) is 14.5. The number of rotatable bonds is 6. The van der Waals surface area contributed by atoms with Gasteiger partial charge in [0, 0.05) is 17.0 Å². The lowest BCUT2D eigenvalue weighted by molar-refractivity contribution is -0.133. The lowest BCUT2D eigenvalue weighted by Crippen LogP contribution is -2.38. The largest absolute Gasteiger partial charge is 0.377 e. The van der Waals surface area contributed by atoms with E-state index in [-0.39, 0.29) is 11.5 Å². The Bertz CT molecular complexity index is 587. The molecule has 0 heterocycles. The summed E-state index contributed by atoms with van der Waals surface area (Å²) in [5.41, 5.74) is 0.820. The van der Waals surface area contributed by atoms with E-state index >= 15 is 0 Å². The smallest absolute Gasteiger partial charge is 0.156 e. The Morgan fingerprint density at radius 2 is 1.76 bits per heavy atom. The lowest BCUT2D eigenvalue weighted by atomic mass is 10.0. The van der Waals surface area contributed by atoms with Gasteiger partial charge in [-0.1, -0.05) is 50.2 Å². The molecule has 2 aromatic rings. The summed E-state index contributed by atoms with van der Waals surface area (Å²) in [7, 11) is 0. The van der Waals surface area contributed by atoms with Gasteiger partial charge >= 0.3 is 0 Å². The molecule has 3 nitrogen and oxygen atoms in total. The zero-order valence-corrected chi connectivity index (χ0v) is 13.3. The summed E-state index contributed by atoms with van der Waals surface area (Å²) in [6.45, 7) is 8.46. The number of aliphatic hydroxyl groups is 1. The van der Waals surface area contributed by atoms with E-state index in [0.29, 0.717) is 6.61 Å². The van der Waals surface area contributed by atoms with Gasteiger partial charge in [-0.3, -0.25) is 0 Å². The fourth-order valence-corrected chi connectivity index (χ4v) is 2.22. The van der Waals surface area contributed by atoms with E-state index in [1.54, 1.807) is 0 Å². The quantitative estimate of drug-likeness (QED) is 0.788. The van der Waals surface area contributed by atoms with Crippen molar-refractivity contribution in [2.24, 2.45) is 5.92 Å². The molecular formula is C18H25NO2. The van der Waals surface area contributed by atoms with Crippen LogP contribution in [-0.4, -0.2) is 23.5 Å². The Balaban J connectivity index is 2.11. The molecule has 0 saturated carbocycles. The first-order valence-electron chi connectivity index (χ1n) is 7.45. The molecule has 0 spiro atoms. The molecule has 0 aromatic heterocycles. The SMILES string of the molecule is CC(C)C(O)OCC(C)(C)Nc1cccc2ccccc12. The van der Waals surface area contributed by atoms with Crippen LogP contribution in [0.3, 0.4) is 0 Å². The number of anilines is 1. The normalized spacial score (nSPS) is 13.6. The summed E-state index contributed by atoms with van der Waals surface area (Å²) < 4.78 is 5.55. The summed E-state index contributed by atoms with van der Waals surface area (Å²) in [5.74, 6) is 0.0957. The predicted molar refractivity (Wildman–Crippen MR) is 88.4 cm³/mol. The molecule has 2 rings (SSSR count). The van der Waals surface area contributed by atoms with Gasteiger partial charge in [-0.25, -0.2) is 0 Å². The van der Waals surface area contributed by atoms with E-state index in [4.69, 9.17) is 4.74 Å². The fourth-order valence-electron chi connectivity index (χ4n) is 2.22. The van der Waals surface area contributed by atoms with Crippen LogP contribution in [0.5, 0.6) is 0 Å². The van der Waals surface area contributed by atoms with Crippen LogP contribution >= 0.6 is 0 Å². The highest BCUT2D eigenvalue weighted by molar-refractivity contribution is 5.94. The minimum atomic E-state index is -0.724. The number of hydrogen-bond donors (Lipinski definition) is 2. The molecule has 0 aliphatic heterocycles. The summed E-state index contributed by atoms with van der Waals surface area (Å²) in [5, 5.41) is 15.7. The van der Waals surface area contributed by atoms with Crippen molar-refractivity contribution in [1.29, 1.82) is 0 Å². The van der Waals surface area contributed by atoms with E-state index in [0.717, 1.165) is 5.69 Å². The van der Waals surface area contributed by atoms with Gasteiger partial charge in [0.2, 0.25) is 0 Å². The second kappa shape index (κ2) is 6.46. The van der Waals surface area contributed by atoms with Gasteiger partial charge in [0.25, 0.3) is 0 Å². The van der Waals surface area contributed by atoms with Crippen LogP contribution in [0.1, 0.15) is 27.7 Å². The summed E-state index contributed by atoms with van der Waals surface area (Å²) >= 11 is 0. The Morgan fingerprint density at radius 3 is 2.48 bits per heavy atom. The molecule has 0 bridgehead atoms. The minimum Gasteiger partial charge on any atom is -0.377 e. The highest BCUT2D eigenvalue weighted by Gasteiger charge is 2.21. The molecule has 0 aliphatic rings. The van der Waals surface area contributed by atoms with Crippen molar-refractivity contribution in [3.63, 3.8) is 0 Å². The van der Waals surface area contributed by atoms with Crippen molar-refractivity contribution < 1.29 is 9.84 Å². The minimum absolute atomic E-state index is 0.0957. The first kappa shape index (κ1) is 15.8. The van der Waals surface area contributed by atoms with E-state index in [2.05, 4.69) is 43.4 Å². The first-order valence-corrected chi connectivity index (χ1v) is 7.45. The van der Waals surface area contributed by atoms with Gasteiger partial charge in [-0.15, -0.1) is 0 Å². The number of nitrogens with one attached hydrogen (secondary N) is 1. The Hall–Kier alpha value is -1.58. The Kier molecular flexibility index (Phi) is 4.86. The maximum atomic E-state index is 9.78. The molecule has 21 heavy (non-hydrogen) atoms. The van der Waals surface area contributed by atoms with Crippen molar-refractivity contribution in [3.05, 3.63) is 42.5 Å². The van der Waals surface area contributed by atoms with E-state index in [1.165, 1.54) is 10.8 Å². The lowest BCUT2D eigenvalue weighted by Gasteiger charge is -2.30. The average molecular weight is 287 g/mol. The maximum absolute atomic E-state index is 9.78. The van der Waals surface area contributed by atoms with Crippen LogP contribution < -0.4 is 5.32 Å². The molecule has 114 valence electrons. The van der Waals surface area contributed by atoms with Crippen LogP contribution in [0.4, 0.5) is 5.69 Å². The van der Waals surface area contributed by atoms with Gasteiger partial charge in [0.15, 0.2) is 6.29 Å². The molecule has 2 N–H and O–H groups in total. The molecule has 1 atom stereocenters. The molecule has 0 saturated heterocycles. The molecule has 2 aromatic carbocycles. The monoisotopic (exact) mass is 287 g/mol. The molecule has 0 radical (unpaired) electrons. The number of ether oxygens (including phenoxy) is 1. The van der Waals surface area contributed by atoms with Crippen LogP contribution in [0.2, 0.25) is 0 Å². The third kappa shape index (κ3) is 4.19.